The second kappa shape index (κ2) is 60.3. The first-order valence-electron chi connectivity index (χ1n) is 35.5. The normalized spacial score (nSPS) is 14.5. The van der Waals surface area contributed by atoms with E-state index in [1.54, 1.807) is 0 Å². The highest BCUT2D eigenvalue weighted by Gasteiger charge is 2.30. The number of carbonyl (C=O) groups excluding carboxylic acids is 4. The van der Waals surface area contributed by atoms with Crippen LogP contribution in [0.25, 0.3) is 0 Å². The maximum absolute atomic E-state index is 13.0. The Balaban J connectivity index is 5.24. The zero-order chi connectivity index (χ0) is 64.3. The number of carbonyl (C=O) groups is 4. The average molecular weight is 1280 g/mol. The first kappa shape index (κ1) is 85.1. The minimum Gasteiger partial charge on any atom is -0.462 e. The second-order valence-corrected chi connectivity index (χ2v) is 28.2. The van der Waals surface area contributed by atoms with E-state index in [1.807, 2.05) is 0 Å². The van der Waals surface area contributed by atoms with E-state index in [0.717, 1.165) is 108 Å². The Morgan fingerprint density at radius 2 is 0.586 bits per heavy atom. The highest BCUT2D eigenvalue weighted by Crippen LogP contribution is 2.45. The number of unbranched alkanes of at least 4 members (excludes halogenated alkanes) is 36. The predicted molar refractivity (Wildman–Crippen MR) is 349 cm³/mol. The molecule has 0 bridgehead atoms. The molecular formula is C68H132O17P2. The third kappa shape index (κ3) is 61.3. The van der Waals surface area contributed by atoms with Crippen molar-refractivity contribution in [2.24, 2.45) is 11.8 Å². The molecule has 0 aliphatic carbocycles. The summed E-state index contributed by atoms with van der Waals surface area (Å²) in [5, 5.41) is 10.6. The van der Waals surface area contributed by atoms with Gasteiger partial charge < -0.3 is 33.8 Å². The molecule has 0 radical (unpaired) electrons. The molecule has 0 aliphatic rings. The van der Waals surface area contributed by atoms with Gasteiger partial charge in [0.2, 0.25) is 0 Å². The fraction of sp³-hybridized carbons (Fsp3) is 0.941. The topological polar surface area (TPSA) is 237 Å². The molecule has 0 aromatic heterocycles. The van der Waals surface area contributed by atoms with Gasteiger partial charge in [-0.3, -0.25) is 37.3 Å². The van der Waals surface area contributed by atoms with Crippen molar-refractivity contribution >= 4 is 39.5 Å². The van der Waals surface area contributed by atoms with Crippen LogP contribution in [0, 0.1) is 11.8 Å². The molecule has 516 valence electrons. The van der Waals surface area contributed by atoms with Crippen molar-refractivity contribution in [2.75, 3.05) is 39.6 Å². The molecule has 0 fully saturated rings. The van der Waals surface area contributed by atoms with Gasteiger partial charge in [0, 0.05) is 25.7 Å². The molecule has 87 heavy (non-hydrogen) atoms. The van der Waals surface area contributed by atoms with Gasteiger partial charge in [0.15, 0.2) is 12.2 Å². The Morgan fingerprint density at radius 1 is 0.333 bits per heavy atom. The summed E-state index contributed by atoms with van der Waals surface area (Å²) in [6.45, 7) is 9.50. The third-order valence-corrected chi connectivity index (χ3v) is 18.0. The molecule has 0 saturated heterocycles. The van der Waals surface area contributed by atoms with E-state index in [0.29, 0.717) is 25.7 Å². The first-order valence-corrected chi connectivity index (χ1v) is 38.5. The highest BCUT2D eigenvalue weighted by molar-refractivity contribution is 7.47. The Hall–Kier alpha value is -1.94. The number of hydrogen-bond donors (Lipinski definition) is 3. The van der Waals surface area contributed by atoms with Crippen LogP contribution in [0.5, 0.6) is 0 Å². The first-order chi connectivity index (χ1) is 41.9. The van der Waals surface area contributed by atoms with Crippen LogP contribution in [0.15, 0.2) is 0 Å². The van der Waals surface area contributed by atoms with Gasteiger partial charge in [0.25, 0.3) is 0 Å². The van der Waals surface area contributed by atoms with Gasteiger partial charge >= 0.3 is 39.5 Å². The summed E-state index contributed by atoms with van der Waals surface area (Å²) >= 11 is 0. The van der Waals surface area contributed by atoms with E-state index in [4.69, 9.17) is 37.0 Å². The van der Waals surface area contributed by atoms with Crippen molar-refractivity contribution in [3.8, 4) is 0 Å². The van der Waals surface area contributed by atoms with Gasteiger partial charge in [0.1, 0.15) is 19.3 Å². The number of esters is 4. The zero-order valence-electron chi connectivity index (χ0n) is 56.3. The summed E-state index contributed by atoms with van der Waals surface area (Å²) in [4.78, 5) is 72.4. The molecule has 3 N–H and O–H groups in total. The molecule has 17 nitrogen and oxygen atoms in total. The number of rotatable bonds is 67. The SMILES string of the molecule is CCCCCCCCCCCCCCCCC(=O)O[C@H](COC(=O)CCCCCCCCCCCCC(C)C)COP(=O)(O)OC[C@@H](O)COP(=O)(O)OC[C@@H](COC(=O)CCCCCCCCCC)OC(=O)CCCCCCCCCCC(C)CC. The summed E-state index contributed by atoms with van der Waals surface area (Å²) < 4.78 is 68.2. The van der Waals surface area contributed by atoms with Gasteiger partial charge in [-0.25, -0.2) is 9.13 Å². The van der Waals surface area contributed by atoms with Crippen LogP contribution >= 0.6 is 15.6 Å². The zero-order valence-corrected chi connectivity index (χ0v) is 58.1. The molecule has 0 saturated carbocycles. The molecule has 6 atom stereocenters. The molecule has 0 heterocycles. The fourth-order valence-corrected chi connectivity index (χ4v) is 11.8. The molecule has 0 rings (SSSR count). The fourth-order valence-electron chi connectivity index (χ4n) is 10.2. The molecule has 0 aliphatic heterocycles. The molecule has 19 heteroatoms. The van der Waals surface area contributed by atoms with Gasteiger partial charge in [-0.2, -0.15) is 0 Å². The van der Waals surface area contributed by atoms with Gasteiger partial charge in [-0.15, -0.1) is 0 Å². The average Bonchev–Trinajstić information content (AvgIpc) is 3.71. The molecule has 0 amide bonds. The Kier molecular flexibility index (Phi) is 59.0. The molecule has 0 aromatic carbocycles. The Labute approximate surface area is 530 Å². The van der Waals surface area contributed by atoms with Crippen LogP contribution < -0.4 is 0 Å². The van der Waals surface area contributed by atoms with Crippen LogP contribution in [-0.2, 0) is 65.4 Å². The second-order valence-electron chi connectivity index (χ2n) is 25.3. The standard InChI is InChI=1S/C68H132O17P2/c1-7-10-12-14-16-18-19-20-21-22-27-34-40-46-52-67(72)84-64(57-79-66(71)51-45-39-33-26-24-23-25-30-36-42-48-60(4)5)59-83-87(76,77)81-55-62(69)54-80-86(74,75)82-58-63(56-78-65(70)50-44-38-32-17-15-13-11-8-2)85-68(73)53-47-41-35-29-28-31-37-43-49-61(6)9-3/h60-64,69H,7-59H2,1-6H3,(H,74,75)(H,76,77)/t61?,62-,63+,64+/m0/s1. The summed E-state index contributed by atoms with van der Waals surface area (Å²) in [5.74, 6) is -0.601. The molecule has 0 spiro atoms. The van der Waals surface area contributed by atoms with Gasteiger partial charge in [0.05, 0.1) is 26.4 Å². The Morgan fingerprint density at radius 3 is 0.874 bits per heavy atom. The van der Waals surface area contributed by atoms with Crippen LogP contribution in [0.2, 0.25) is 0 Å². The summed E-state index contributed by atoms with van der Waals surface area (Å²) in [5.41, 5.74) is 0. The smallest absolute Gasteiger partial charge is 0.462 e. The maximum atomic E-state index is 13.0. The molecule has 3 unspecified atom stereocenters. The van der Waals surface area contributed by atoms with E-state index in [2.05, 4.69) is 41.5 Å². The van der Waals surface area contributed by atoms with E-state index in [9.17, 15) is 43.2 Å². The lowest BCUT2D eigenvalue weighted by atomic mass is 9.99. The number of ether oxygens (including phenoxy) is 4. The van der Waals surface area contributed by atoms with Crippen LogP contribution in [0.3, 0.4) is 0 Å². The lowest BCUT2D eigenvalue weighted by Crippen LogP contribution is -2.30. The summed E-state index contributed by atoms with van der Waals surface area (Å²) in [6.07, 6.45) is 44.3. The molecular weight excluding hydrogens is 1150 g/mol. The van der Waals surface area contributed by atoms with Crippen molar-refractivity contribution in [1.82, 2.24) is 0 Å². The van der Waals surface area contributed by atoms with Crippen molar-refractivity contribution in [2.45, 2.75) is 362 Å². The number of phosphoric acid groups is 2. The summed E-state index contributed by atoms with van der Waals surface area (Å²) in [6, 6.07) is 0. The number of hydrogen-bond acceptors (Lipinski definition) is 15. The lowest BCUT2D eigenvalue weighted by molar-refractivity contribution is -0.161. The highest BCUT2D eigenvalue weighted by atomic mass is 31.2. The predicted octanol–water partition coefficient (Wildman–Crippen LogP) is 19.2. The number of aliphatic hydroxyl groups excluding tert-OH is 1. The van der Waals surface area contributed by atoms with E-state index >= 15 is 0 Å². The van der Waals surface area contributed by atoms with E-state index < -0.39 is 97.5 Å². The third-order valence-electron chi connectivity index (χ3n) is 16.1. The quantitative estimate of drug-likeness (QED) is 0.0222. The largest absolute Gasteiger partial charge is 0.472 e. The minimum atomic E-state index is -4.95. The minimum absolute atomic E-state index is 0.105. The number of aliphatic hydroxyl groups is 1. The van der Waals surface area contributed by atoms with Crippen molar-refractivity contribution in [3.05, 3.63) is 0 Å². The van der Waals surface area contributed by atoms with Crippen molar-refractivity contribution in [1.29, 1.82) is 0 Å². The van der Waals surface area contributed by atoms with Crippen LogP contribution in [0.1, 0.15) is 343 Å². The molecule has 0 aromatic rings. The van der Waals surface area contributed by atoms with E-state index in [1.165, 1.54) is 154 Å². The lowest BCUT2D eigenvalue weighted by Gasteiger charge is -2.21. The number of phosphoric ester groups is 2. The maximum Gasteiger partial charge on any atom is 0.472 e. The monoisotopic (exact) mass is 1280 g/mol. The van der Waals surface area contributed by atoms with Crippen molar-refractivity contribution in [3.63, 3.8) is 0 Å². The van der Waals surface area contributed by atoms with Gasteiger partial charge in [-0.1, -0.05) is 292 Å². The van der Waals surface area contributed by atoms with Crippen LogP contribution in [-0.4, -0.2) is 96.7 Å². The van der Waals surface area contributed by atoms with Crippen LogP contribution in [0.4, 0.5) is 0 Å². The van der Waals surface area contributed by atoms with Gasteiger partial charge in [-0.05, 0) is 37.5 Å². The summed E-state index contributed by atoms with van der Waals surface area (Å²) in [7, 11) is -9.89. The Bertz CT molecular complexity index is 1700. The van der Waals surface area contributed by atoms with Crippen molar-refractivity contribution < 1.29 is 80.2 Å². The van der Waals surface area contributed by atoms with E-state index in [-0.39, 0.29) is 25.7 Å².